The topological polar surface area (TPSA) is 80.4 Å². The van der Waals surface area contributed by atoms with Crippen LogP contribution in [0.2, 0.25) is 0 Å². The van der Waals surface area contributed by atoms with Crippen LogP contribution in [0, 0.1) is 6.92 Å². The van der Waals surface area contributed by atoms with Crippen molar-refractivity contribution in [3.05, 3.63) is 112 Å². The van der Waals surface area contributed by atoms with Gasteiger partial charge in [0.15, 0.2) is 0 Å². The molecule has 9 heteroatoms. The van der Waals surface area contributed by atoms with E-state index in [1.54, 1.807) is 46.4 Å². The fourth-order valence-corrected chi connectivity index (χ4v) is 6.91. The zero-order chi connectivity index (χ0) is 26.8. The molecule has 5 aromatic rings. The number of amides is 2. The average Bonchev–Trinajstić information content (AvgIpc) is 3.72. The Bertz CT molecular complexity index is 1590. The Morgan fingerprint density at radius 3 is 2.69 bits per heavy atom. The summed E-state index contributed by atoms with van der Waals surface area (Å²) >= 11 is 3.23. The number of aromatic nitrogens is 2. The van der Waals surface area contributed by atoms with Crippen LogP contribution in [0.15, 0.2) is 94.9 Å². The van der Waals surface area contributed by atoms with Gasteiger partial charge in [0, 0.05) is 16.0 Å². The van der Waals surface area contributed by atoms with Crippen LogP contribution in [0.25, 0.3) is 16.9 Å². The van der Waals surface area contributed by atoms with Crippen LogP contribution < -0.4 is 10.2 Å². The van der Waals surface area contributed by atoms with Gasteiger partial charge in [0.05, 0.1) is 35.2 Å². The number of thioether (sulfide) groups is 1. The molecular weight excluding hydrogens is 528 g/mol. The Morgan fingerprint density at radius 1 is 1.08 bits per heavy atom. The molecule has 0 bridgehead atoms. The molecule has 0 aliphatic carbocycles. The smallest absolute Gasteiger partial charge is 0.240 e. The van der Waals surface area contributed by atoms with Crippen LogP contribution in [0.5, 0.6) is 0 Å². The summed E-state index contributed by atoms with van der Waals surface area (Å²) in [6.07, 6.45) is 1.57. The third-order valence-electron chi connectivity index (χ3n) is 6.53. The molecule has 2 aromatic carbocycles. The van der Waals surface area contributed by atoms with Crippen molar-refractivity contribution >= 4 is 40.7 Å². The zero-order valence-corrected chi connectivity index (χ0v) is 22.9. The molecule has 0 unspecified atom stereocenters. The van der Waals surface area contributed by atoms with Gasteiger partial charge in [0.1, 0.15) is 18.1 Å². The lowest BCUT2D eigenvalue weighted by atomic mass is 10.0. The molecule has 0 fully saturated rings. The molecule has 0 saturated heterocycles. The van der Waals surface area contributed by atoms with Gasteiger partial charge in [-0.15, -0.1) is 23.1 Å². The third kappa shape index (κ3) is 5.15. The number of aryl methyl sites for hydroxylation is 1. The first kappa shape index (κ1) is 25.2. The van der Waals surface area contributed by atoms with Crippen molar-refractivity contribution in [2.75, 3.05) is 17.2 Å². The lowest BCUT2D eigenvalue weighted by molar-refractivity contribution is -0.123. The van der Waals surface area contributed by atoms with Crippen LogP contribution in [-0.2, 0) is 16.1 Å². The standard InChI is InChI=1S/C30H26N4O3S2/c1-20-8-5-11-22(16-20)34-30-27(28(32-34)21-9-3-2-4-10-21)29(24-13-7-15-38-24)39-19-26(36)33(30)18-25(35)31-17-23-12-6-14-37-23/h2-16,29H,17-19H2,1H3,(H,31,35)/t29-/m0/s1. The highest BCUT2D eigenvalue weighted by molar-refractivity contribution is 8.00. The molecule has 1 N–H and O–H groups in total. The highest BCUT2D eigenvalue weighted by Gasteiger charge is 2.38. The maximum absolute atomic E-state index is 13.7. The monoisotopic (exact) mass is 554 g/mol. The van der Waals surface area contributed by atoms with Crippen LogP contribution in [0.1, 0.15) is 27.0 Å². The minimum Gasteiger partial charge on any atom is -0.467 e. The first-order chi connectivity index (χ1) is 19.1. The van der Waals surface area contributed by atoms with E-state index in [4.69, 9.17) is 9.52 Å². The van der Waals surface area contributed by atoms with Gasteiger partial charge in [-0.05, 0) is 48.2 Å². The molecule has 1 aliphatic heterocycles. The number of nitrogens with one attached hydrogen (secondary N) is 1. The summed E-state index contributed by atoms with van der Waals surface area (Å²) in [7, 11) is 0. The lowest BCUT2D eigenvalue weighted by Crippen LogP contribution is -2.42. The average molecular weight is 555 g/mol. The number of furan rings is 1. The summed E-state index contributed by atoms with van der Waals surface area (Å²) in [6.45, 7) is 2.15. The van der Waals surface area contributed by atoms with E-state index in [2.05, 4.69) is 16.8 Å². The van der Waals surface area contributed by atoms with Crippen molar-refractivity contribution in [2.45, 2.75) is 18.7 Å². The van der Waals surface area contributed by atoms with Crippen molar-refractivity contribution in [3.8, 4) is 16.9 Å². The molecule has 1 aliphatic rings. The van der Waals surface area contributed by atoms with E-state index in [1.165, 1.54) is 0 Å². The zero-order valence-electron chi connectivity index (χ0n) is 21.2. The van der Waals surface area contributed by atoms with E-state index in [0.29, 0.717) is 11.6 Å². The van der Waals surface area contributed by atoms with Crippen molar-refractivity contribution in [2.24, 2.45) is 0 Å². The molecule has 3 aromatic heterocycles. The summed E-state index contributed by atoms with van der Waals surface area (Å²) in [5, 5.41) is 9.94. The molecule has 0 radical (unpaired) electrons. The van der Waals surface area contributed by atoms with Crippen LogP contribution in [0.4, 0.5) is 5.82 Å². The van der Waals surface area contributed by atoms with E-state index in [9.17, 15) is 9.59 Å². The minimum absolute atomic E-state index is 0.117. The first-order valence-corrected chi connectivity index (χ1v) is 14.5. The van der Waals surface area contributed by atoms with E-state index < -0.39 is 0 Å². The van der Waals surface area contributed by atoms with Gasteiger partial charge in [-0.2, -0.15) is 5.10 Å². The number of rotatable bonds is 7. The summed E-state index contributed by atoms with van der Waals surface area (Å²) in [6, 6.07) is 25.8. The van der Waals surface area contributed by atoms with E-state index in [0.717, 1.165) is 32.9 Å². The Kier molecular flexibility index (Phi) is 7.08. The molecule has 2 amide bonds. The fraction of sp³-hybridized carbons (Fsp3) is 0.167. The Balaban J connectivity index is 1.52. The number of nitrogens with zero attached hydrogens (tertiary/aromatic N) is 3. The number of thiophene rings is 1. The Morgan fingerprint density at radius 2 is 1.95 bits per heavy atom. The summed E-state index contributed by atoms with van der Waals surface area (Å²) in [5.41, 5.74) is 4.59. The first-order valence-electron chi connectivity index (χ1n) is 12.6. The predicted molar refractivity (Wildman–Crippen MR) is 155 cm³/mol. The van der Waals surface area contributed by atoms with Crippen molar-refractivity contribution in [1.82, 2.24) is 15.1 Å². The van der Waals surface area contributed by atoms with Crippen LogP contribution in [-0.4, -0.2) is 33.9 Å². The summed E-state index contributed by atoms with van der Waals surface area (Å²) in [5.74, 6) is 1.10. The van der Waals surface area contributed by atoms with Crippen molar-refractivity contribution in [1.29, 1.82) is 0 Å². The number of anilines is 1. The largest absolute Gasteiger partial charge is 0.467 e. The Hall–Kier alpha value is -4.08. The predicted octanol–water partition coefficient (Wildman–Crippen LogP) is 5.99. The van der Waals surface area contributed by atoms with E-state index in [1.807, 2.05) is 72.3 Å². The highest BCUT2D eigenvalue weighted by atomic mass is 32.2. The number of hydrogen-bond acceptors (Lipinski definition) is 6. The molecule has 39 heavy (non-hydrogen) atoms. The maximum atomic E-state index is 13.7. The second-order valence-corrected chi connectivity index (χ2v) is 11.3. The van der Waals surface area contributed by atoms with Gasteiger partial charge >= 0.3 is 0 Å². The number of carbonyl (C=O) groups is 2. The second kappa shape index (κ2) is 11.0. The van der Waals surface area contributed by atoms with Crippen LogP contribution in [0.3, 0.4) is 0 Å². The molecule has 1 atom stereocenters. The van der Waals surface area contributed by atoms with E-state index in [-0.39, 0.29) is 35.9 Å². The van der Waals surface area contributed by atoms with Gasteiger partial charge in [0.25, 0.3) is 0 Å². The maximum Gasteiger partial charge on any atom is 0.240 e. The van der Waals surface area contributed by atoms with Crippen molar-refractivity contribution in [3.63, 3.8) is 0 Å². The number of benzene rings is 2. The van der Waals surface area contributed by atoms with Crippen molar-refractivity contribution < 1.29 is 14.0 Å². The minimum atomic E-state index is -0.275. The second-order valence-electron chi connectivity index (χ2n) is 9.25. The SMILES string of the molecule is Cc1cccc(-n2nc(-c3ccccc3)c3c2N(CC(=O)NCc2ccco2)C(=O)CS[C@H]3c2cccs2)c1. The summed E-state index contributed by atoms with van der Waals surface area (Å²) < 4.78 is 7.18. The van der Waals surface area contributed by atoms with Gasteiger partial charge < -0.3 is 9.73 Å². The lowest BCUT2D eigenvalue weighted by Gasteiger charge is -2.23. The van der Waals surface area contributed by atoms with Gasteiger partial charge in [0.2, 0.25) is 11.8 Å². The molecule has 4 heterocycles. The molecule has 196 valence electrons. The van der Waals surface area contributed by atoms with Gasteiger partial charge in [-0.3, -0.25) is 14.5 Å². The molecule has 0 spiro atoms. The number of fused-ring (bicyclic) bond motifs is 1. The number of hydrogen-bond donors (Lipinski definition) is 1. The van der Waals surface area contributed by atoms with E-state index >= 15 is 0 Å². The summed E-state index contributed by atoms with van der Waals surface area (Å²) in [4.78, 5) is 29.6. The fourth-order valence-electron chi connectivity index (χ4n) is 4.73. The quantitative estimate of drug-likeness (QED) is 0.267. The molecular formula is C30H26N4O3S2. The van der Waals surface area contributed by atoms with Gasteiger partial charge in [-0.1, -0.05) is 48.5 Å². The number of carbonyl (C=O) groups excluding carboxylic acids is 2. The molecule has 6 rings (SSSR count). The molecule has 7 nitrogen and oxygen atoms in total. The van der Waals surface area contributed by atoms with Crippen LogP contribution >= 0.6 is 23.1 Å². The highest BCUT2D eigenvalue weighted by Crippen LogP contribution is 2.49. The Labute approximate surface area is 234 Å². The normalized spacial score (nSPS) is 15.2. The third-order valence-corrected chi connectivity index (χ3v) is 8.85. The van der Waals surface area contributed by atoms with Gasteiger partial charge in [-0.25, -0.2) is 4.68 Å². The molecule has 0 saturated carbocycles.